The standard InChI is InChI=1S/C9H11NO4/c1-13-9(12)7-5-2-3-6(14-5)8(7)10-4-11/h5-8H,2-3H2,1H3/t5-,6+,7+,8-/m1/s1. The highest BCUT2D eigenvalue weighted by molar-refractivity contribution is 5.75. The molecule has 2 fully saturated rings. The van der Waals surface area contributed by atoms with Crippen LogP contribution in [0, 0.1) is 5.92 Å². The third-order valence-electron chi connectivity index (χ3n) is 2.91. The van der Waals surface area contributed by atoms with Crippen molar-refractivity contribution >= 4 is 12.0 Å². The Labute approximate surface area is 81.1 Å². The van der Waals surface area contributed by atoms with Crippen LogP contribution in [0.1, 0.15) is 12.8 Å². The highest BCUT2D eigenvalue weighted by Crippen LogP contribution is 2.41. The number of hydrogen-bond acceptors (Lipinski definition) is 5. The van der Waals surface area contributed by atoms with Gasteiger partial charge in [-0.05, 0) is 12.8 Å². The molecule has 2 saturated heterocycles. The Morgan fingerprint density at radius 3 is 2.86 bits per heavy atom. The summed E-state index contributed by atoms with van der Waals surface area (Å²) < 4.78 is 10.2. The van der Waals surface area contributed by atoms with Gasteiger partial charge in [-0.3, -0.25) is 4.79 Å². The molecule has 0 aromatic carbocycles. The average molecular weight is 197 g/mol. The molecule has 0 saturated carbocycles. The first-order valence-corrected chi connectivity index (χ1v) is 4.58. The number of fused-ring (bicyclic) bond motifs is 2. The van der Waals surface area contributed by atoms with Crippen molar-refractivity contribution in [3.63, 3.8) is 0 Å². The number of esters is 1. The number of ether oxygens (including phenoxy) is 2. The Morgan fingerprint density at radius 2 is 2.21 bits per heavy atom. The lowest BCUT2D eigenvalue weighted by atomic mass is 9.85. The van der Waals surface area contributed by atoms with Crippen molar-refractivity contribution in [1.29, 1.82) is 0 Å². The van der Waals surface area contributed by atoms with Gasteiger partial charge < -0.3 is 9.47 Å². The smallest absolute Gasteiger partial charge is 0.313 e. The number of nitrogens with zero attached hydrogens (tertiary/aromatic N) is 1. The molecule has 5 nitrogen and oxygen atoms in total. The molecule has 5 heteroatoms. The van der Waals surface area contributed by atoms with Crippen molar-refractivity contribution in [3.8, 4) is 0 Å². The van der Waals surface area contributed by atoms with E-state index in [2.05, 4.69) is 9.73 Å². The van der Waals surface area contributed by atoms with Gasteiger partial charge in [0.15, 0.2) is 0 Å². The molecule has 0 aromatic heterocycles. The molecule has 0 unspecified atom stereocenters. The number of aliphatic imine (C=N–C) groups is 1. The minimum atomic E-state index is -0.416. The molecule has 0 aliphatic carbocycles. The monoisotopic (exact) mass is 197 g/mol. The van der Waals surface area contributed by atoms with E-state index in [1.54, 1.807) is 0 Å². The van der Waals surface area contributed by atoms with Crippen LogP contribution in [0.5, 0.6) is 0 Å². The van der Waals surface area contributed by atoms with Crippen molar-refractivity contribution in [2.24, 2.45) is 10.9 Å². The van der Waals surface area contributed by atoms with Crippen molar-refractivity contribution in [3.05, 3.63) is 0 Å². The van der Waals surface area contributed by atoms with Crippen LogP contribution in [0.25, 0.3) is 0 Å². The van der Waals surface area contributed by atoms with Crippen molar-refractivity contribution in [2.45, 2.75) is 31.1 Å². The Balaban J connectivity index is 2.21. The molecular weight excluding hydrogens is 186 g/mol. The molecule has 0 amide bonds. The van der Waals surface area contributed by atoms with E-state index in [4.69, 9.17) is 4.74 Å². The number of methoxy groups -OCH3 is 1. The number of hydrogen-bond donors (Lipinski definition) is 0. The van der Waals surface area contributed by atoms with Crippen LogP contribution >= 0.6 is 0 Å². The van der Waals surface area contributed by atoms with Gasteiger partial charge in [0.25, 0.3) is 0 Å². The van der Waals surface area contributed by atoms with Crippen LogP contribution in [0.2, 0.25) is 0 Å². The Morgan fingerprint density at radius 1 is 1.50 bits per heavy atom. The zero-order valence-corrected chi connectivity index (χ0v) is 7.80. The lowest BCUT2D eigenvalue weighted by molar-refractivity contribution is -0.147. The summed E-state index contributed by atoms with van der Waals surface area (Å²) in [7, 11) is 1.33. The predicted molar refractivity (Wildman–Crippen MR) is 45.3 cm³/mol. The zero-order valence-electron chi connectivity index (χ0n) is 7.80. The van der Waals surface area contributed by atoms with Crippen LogP contribution in [-0.4, -0.2) is 37.4 Å². The molecule has 4 atom stereocenters. The maximum Gasteiger partial charge on any atom is 0.313 e. The fourth-order valence-electron chi connectivity index (χ4n) is 2.31. The van der Waals surface area contributed by atoms with Gasteiger partial charge in [0.2, 0.25) is 6.08 Å². The van der Waals surface area contributed by atoms with E-state index in [0.717, 1.165) is 12.8 Å². The number of carbonyl (C=O) groups is 1. The van der Waals surface area contributed by atoms with Crippen LogP contribution in [0.15, 0.2) is 4.99 Å². The van der Waals surface area contributed by atoms with E-state index in [-0.39, 0.29) is 18.2 Å². The van der Waals surface area contributed by atoms with Gasteiger partial charge in [-0.15, -0.1) is 0 Å². The highest BCUT2D eigenvalue weighted by atomic mass is 16.5. The summed E-state index contributed by atoms with van der Waals surface area (Å²) in [4.78, 5) is 25.2. The quantitative estimate of drug-likeness (QED) is 0.356. The van der Waals surface area contributed by atoms with E-state index >= 15 is 0 Å². The Kier molecular flexibility index (Phi) is 2.35. The lowest BCUT2D eigenvalue weighted by Gasteiger charge is -2.20. The van der Waals surface area contributed by atoms with E-state index in [0.29, 0.717) is 0 Å². The van der Waals surface area contributed by atoms with Crippen molar-refractivity contribution in [1.82, 2.24) is 0 Å². The number of carbonyl (C=O) groups excluding carboxylic acids is 2. The third-order valence-corrected chi connectivity index (χ3v) is 2.91. The van der Waals surface area contributed by atoms with Gasteiger partial charge in [0, 0.05) is 0 Å². The largest absolute Gasteiger partial charge is 0.469 e. The summed E-state index contributed by atoms with van der Waals surface area (Å²) >= 11 is 0. The molecule has 0 radical (unpaired) electrons. The summed E-state index contributed by atoms with van der Waals surface area (Å²) in [5, 5.41) is 0. The summed E-state index contributed by atoms with van der Waals surface area (Å²) in [5.41, 5.74) is 0. The number of isocyanates is 1. The van der Waals surface area contributed by atoms with Gasteiger partial charge in [0.05, 0.1) is 19.3 Å². The molecule has 2 rings (SSSR count). The van der Waals surface area contributed by atoms with Crippen molar-refractivity contribution in [2.75, 3.05) is 7.11 Å². The fourth-order valence-corrected chi connectivity index (χ4v) is 2.31. The van der Waals surface area contributed by atoms with Gasteiger partial charge in [0.1, 0.15) is 12.0 Å². The molecule has 14 heavy (non-hydrogen) atoms. The average Bonchev–Trinajstić information content (AvgIpc) is 2.77. The van der Waals surface area contributed by atoms with Crippen molar-refractivity contribution < 1.29 is 19.1 Å². The summed E-state index contributed by atoms with van der Waals surface area (Å²) in [6, 6.07) is -0.390. The van der Waals surface area contributed by atoms with E-state index < -0.39 is 12.0 Å². The highest BCUT2D eigenvalue weighted by Gasteiger charge is 2.53. The Bertz CT molecular complexity index is 297. The molecule has 2 aliphatic heterocycles. The molecule has 0 spiro atoms. The molecular formula is C9H11NO4. The molecule has 2 aliphatic rings. The van der Waals surface area contributed by atoms with Crippen LogP contribution < -0.4 is 0 Å². The van der Waals surface area contributed by atoms with E-state index in [9.17, 15) is 9.59 Å². The van der Waals surface area contributed by atoms with Crippen LogP contribution in [0.4, 0.5) is 0 Å². The second kappa shape index (κ2) is 3.52. The second-order valence-corrected chi connectivity index (χ2v) is 3.55. The first-order chi connectivity index (χ1) is 6.77. The van der Waals surface area contributed by atoms with E-state index in [1.165, 1.54) is 13.2 Å². The maximum absolute atomic E-state index is 11.4. The maximum atomic E-state index is 11.4. The summed E-state index contributed by atoms with van der Waals surface area (Å²) in [6.07, 6.45) is 2.95. The van der Waals surface area contributed by atoms with Gasteiger partial charge in [-0.2, -0.15) is 4.99 Å². The Hall–Kier alpha value is -1.19. The third kappa shape index (κ3) is 1.25. The molecule has 2 heterocycles. The molecule has 76 valence electrons. The normalized spacial score (nSPS) is 39.2. The zero-order chi connectivity index (χ0) is 10.1. The molecule has 0 aromatic rings. The first kappa shape index (κ1) is 9.37. The van der Waals surface area contributed by atoms with Crippen LogP contribution in [0.3, 0.4) is 0 Å². The summed E-state index contributed by atoms with van der Waals surface area (Å²) in [5.74, 6) is -0.763. The second-order valence-electron chi connectivity index (χ2n) is 3.55. The molecule has 0 N–H and O–H groups in total. The number of rotatable bonds is 2. The van der Waals surface area contributed by atoms with Crippen LogP contribution in [-0.2, 0) is 19.1 Å². The minimum absolute atomic E-state index is 0.106. The SMILES string of the molecule is COC(=O)[C@@H]1[C@H](N=C=O)[C@@H]2CC[C@H]1O2. The topological polar surface area (TPSA) is 65.0 Å². The first-order valence-electron chi connectivity index (χ1n) is 4.58. The summed E-state index contributed by atoms with van der Waals surface area (Å²) in [6.45, 7) is 0. The lowest BCUT2D eigenvalue weighted by Crippen LogP contribution is -2.37. The molecule has 2 bridgehead atoms. The van der Waals surface area contributed by atoms with E-state index in [1.807, 2.05) is 0 Å². The van der Waals surface area contributed by atoms with Gasteiger partial charge in [-0.1, -0.05) is 0 Å². The minimum Gasteiger partial charge on any atom is -0.469 e. The van der Waals surface area contributed by atoms with Gasteiger partial charge in [-0.25, -0.2) is 4.79 Å². The van der Waals surface area contributed by atoms with Gasteiger partial charge >= 0.3 is 5.97 Å². The predicted octanol–water partition coefficient (Wildman–Crippen LogP) is 0.0412. The fraction of sp³-hybridized carbons (Fsp3) is 0.778.